The summed E-state index contributed by atoms with van der Waals surface area (Å²) in [6, 6.07) is 4.21. The maximum Gasteiger partial charge on any atom is 0.357 e. The molecule has 0 aliphatic carbocycles. The Kier molecular flexibility index (Phi) is 7.13. The van der Waals surface area contributed by atoms with Crippen LogP contribution < -0.4 is 0 Å². The van der Waals surface area contributed by atoms with Crippen molar-refractivity contribution in [2.75, 3.05) is 19.6 Å². The molecule has 0 atom stereocenters. The minimum absolute atomic E-state index is 0.0908. The lowest BCUT2D eigenvalue weighted by Crippen LogP contribution is -2.11. The summed E-state index contributed by atoms with van der Waals surface area (Å²) in [7, 11) is -7.94. The van der Waals surface area contributed by atoms with Crippen molar-refractivity contribution in [2.45, 2.75) is 18.7 Å². The Bertz CT molecular complexity index is 603. The quantitative estimate of drug-likeness (QED) is 0.505. The van der Waals surface area contributed by atoms with Crippen LogP contribution in [0.2, 0.25) is 10.0 Å². The Morgan fingerprint density at radius 1 is 1.10 bits per heavy atom. The van der Waals surface area contributed by atoms with Gasteiger partial charge in [0.25, 0.3) is 0 Å². The van der Waals surface area contributed by atoms with Crippen LogP contribution in [0.15, 0.2) is 23.1 Å². The second-order valence-corrected chi connectivity index (χ2v) is 8.06. The van der Waals surface area contributed by atoms with Gasteiger partial charge in [-0.25, -0.2) is 0 Å². The van der Waals surface area contributed by atoms with E-state index in [2.05, 4.69) is 0 Å². The predicted octanol–water partition coefficient (Wildman–Crippen LogP) is 3.92. The Morgan fingerprint density at radius 3 is 2.00 bits per heavy atom. The smallest absolute Gasteiger partial charge is 0.307 e. The first-order valence-electron chi connectivity index (χ1n) is 5.97. The molecule has 21 heavy (non-hydrogen) atoms. The van der Waals surface area contributed by atoms with Crippen molar-refractivity contribution in [2.24, 2.45) is 0 Å². The van der Waals surface area contributed by atoms with E-state index in [9.17, 15) is 13.0 Å². The fourth-order valence-electron chi connectivity index (χ4n) is 1.42. The Morgan fingerprint density at radius 2 is 1.57 bits per heavy atom. The van der Waals surface area contributed by atoms with Gasteiger partial charge >= 0.3 is 17.7 Å². The Labute approximate surface area is 134 Å². The molecule has 0 radical (unpaired) electrons. The van der Waals surface area contributed by atoms with E-state index in [0.717, 1.165) is 0 Å². The SMILES string of the molecule is CCOP(=O)(COS(=O)(=O)c1c(Cl)cccc1Cl)OCC. The van der Waals surface area contributed by atoms with E-state index in [0.29, 0.717) is 0 Å². The first kappa shape index (κ1) is 18.9. The molecule has 6 nitrogen and oxygen atoms in total. The van der Waals surface area contributed by atoms with Crippen LogP contribution in [0, 0.1) is 0 Å². The van der Waals surface area contributed by atoms with Gasteiger partial charge in [0.05, 0.1) is 23.3 Å². The van der Waals surface area contributed by atoms with Gasteiger partial charge in [0.2, 0.25) is 0 Å². The number of hydrogen-bond donors (Lipinski definition) is 0. The van der Waals surface area contributed by atoms with Gasteiger partial charge in [-0.2, -0.15) is 8.42 Å². The summed E-state index contributed by atoms with van der Waals surface area (Å²) in [5.41, 5.74) is 0. The summed E-state index contributed by atoms with van der Waals surface area (Å²) in [4.78, 5) is -0.382. The van der Waals surface area contributed by atoms with Crippen LogP contribution in [0.3, 0.4) is 0 Å². The second kappa shape index (κ2) is 7.92. The van der Waals surface area contributed by atoms with Gasteiger partial charge in [0, 0.05) is 0 Å². The van der Waals surface area contributed by atoms with E-state index in [1.165, 1.54) is 18.2 Å². The van der Waals surface area contributed by atoms with Gasteiger partial charge in [-0.3, -0.25) is 8.75 Å². The van der Waals surface area contributed by atoms with Crippen molar-refractivity contribution in [1.82, 2.24) is 0 Å². The van der Waals surface area contributed by atoms with E-state index in [-0.39, 0.29) is 28.2 Å². The van der Waals surface area contributed by atoms with Gasteiger partial charge in [0.1, 0.15) is 4.90 Å². The third-order valence-electron chi connectivity index (χ3n) is 2.19. The van der Waals surface area contributed by atoms with Gasteiger partial charge < -0.3 is 9.05 Å². The highest BCUT2D eigenvalue weighted by Crippen LogP contribution is 2.48. The highest BCUT2D eigenvalue weighted by molar-refractivity contribution is 7.87. The fraction of sp³-hybridized carbons (Fsp3) is 0.455. The highest BCUT2D eigenvalue weighted by atomic mass is 35.5. The maximum atomic E-state index is 12.2. The molecule has 0 saturated heterocycles. The number of rotatable bonds is 8. The minimum Gasteiger partial charge on any atom is -0.307 e. The topological polar surface area (TPSA) is 78.9 Å². The molecule has 0 amide bonds. The van der Waals surface area contributed by atoms with Crippen molar-refractivity contribution < 1.29 is 26.2 Å². The van der Waals surface area contributed by atoms with Crippen molar-refractivity contribution in [3.8, 4) is 0 Å². The molecule has 0 aromatic heterocycles. The Hall–Kier alpha value is -0.140. The number of hydrogen-bond acceptors (Lipinski definition) is 6. The molecular formula is C11H15Cl2O6PS. The summed E-state index contributed by atoms with van der Waals surface area (Å²) in [6.45, 7) is 3.39. The molecule has 1 rings (SSSR count). The second-order valence-electron chi connectivity index (χ2n) is 3.70. The van der Waals surface area contributed by atoms with E-state index < -0.39 is 24.1 Å². The summed E-state index contributed by atoms with van der Waals surface area (Å²) in [5.74, 6) is 0. The molecule has 0 N–H and O–H groups in total. The van der Waals surface area contributed by atoms with Crippen LogP contribution >= 0.6 is 30.8 Å². The van der Waals surface area contributed by atoms with Gasteiger partial charge in [-0.15, -0.1) is 0 Å². The van der Waals surface area contributed by atoms with Crippen LogP contribution in [0.4, 0.5) is 0 Å². The lowest BCUT2D eigenvalue weighted by Gasteiger charge is -2.17. The molecule has 0 saturated carbocycles. The molecule has 0 aliphatic heterocycles. The third-order valence-corrected chi connectivity index (χ3v) is 6.33. The summed E-state index contributed by atoms with van der Waals surface area (Å²) in [6.07, 6.45) is -0.751. The lowest BCUT2D eigenvalue weighted by atomic mass is 10.4. The lowest BCUT2D eigenvalue weighted by molar-refractivity contribution is 0.198. The molecule has 120 valence electrons. The minimum atomic E-state index is -4.29. The fourth-order valence-corrected chi connectivity index (χ4v) is 5.20. The van der Waals surface area contributed by atoms with E-state index in [4.69, 9.17) is 36.4 Å². The molecule has 0 heterocycles. The summed E-state index contributed by atoms with van der Waals surface area (Å²) in [5, 5.41) is -0.185. The zero-order valence-electron chi connectivity index (χ0n) is 11.4. The molecule has 1 aromatic rings. The molecule has 0 fully saturated rings. The average Bonchev–Trinajstić information content (AvgIpc) is 2.37. The van der Waals surface area contributed by atoms with Gasteiger partial charge in [0.15, 0.2) is 6.35 Å². The molecule has 0 bridgehead atoms. The molecule has 0 aliphatic rings. The zero-order valence-corrected chi connectivity index (χ0v) is 14.6. The van der Waals surface area contributed by atoms with Crippen molar-refractivity contribution in [3.05, 3.63) is 28.2 Å². The average molecular weight is 377 g/mol. The molecule has 0 unspecified atom stereocenters. The standard InChI is InChI=1S/C11H15Cl2O6PS/c1-3-17-20(14,18-4-2)8-19-21(15,16)11-9(12)6-5-7-10(11)13/h5-7H,3-4,8H2,1-2H3. The van der Waals surface area contributed by atoms with Crippen molar-refractivity contribution in [1.29, 1.82) is 0 Å². The predicted molar refractivity (Wildman–Crippen MR) is 80.5 cm³/mol. The summed E-state index contributed by atoms with van der Waals surface area (Å²) < 4.78 is 51.0. The van der Waals surface area contributed by atoms with Crippen LogP contribution in [0.1, 0.15) is 13.8 Å². The van der Waals surface area contributed by atoms with Gasteiger partial charge in [-0.1, -0.05) is 29.3 Å². The molecule has 10 heteroatoms. The molecule has 0 spiro atoms. The number of benzene rings is 1. The van der Waals surface area contributed by atoms with Crippen LogP contribution in [0.5, 0.6) is 0 Å². The van der Waals surface area contributed by atoms with Crippen LogP contribution in [0.25, 0.3) is 0 Å². The van der Waals surface area contributed by atoms with Crippen LogP contribution in [-0.4, -0.2) is 28.0 Å². The largest absolute Gasteiger partial charge is 0.357 e. The molecular weight excluding hydrogens is 362 g/mol. The number of halogens is 2. The first-order chi connectivity index (χ1) is 9.75. The third kappa shape index (κ3) is 5.21. The summed E-state index contributed by atoms with van der Waals surface area (Å²) >= 11 is 11.6. The van der Waals surface area contributed by atoms with E-state index in [1.807, 2.05) is 0 Å². The molecule has 1 aromatic carbocycles. The van der Waals surface area contributed by atoms with Crippen LogP contribution in [-0.2, 0) is 27.9 Å². The maximum absolute atomic E-state index is 12.2. The highest BCUT2D eigenvalue weighted by Gasteiger charge is 2.30. The van der Waals surface area contributed by atoms with E-state index in [1.54, 1.807) is 13.8 Å². The van der Waals surface area contributed by atoms with Gasteiger partial charge in [-0.05, 0) is 26.0 Å². The zero-order chi connectivity index (χ0) is 16.1. The van der Waals surface area contributed by atoms with Crippen molar-refractivity contribution >= 4 is 40.9 Å². The first-order valence-corrected chi connectivity index (χ1v) is 9.86. The Balaban J connectivity index is 2.98. The van der Waals surface area contributed by atoms with Crippen molar-refractivity contribution in [3.63, 3.8) is 0 Å². The normalized spacial score (nSPS) is 12.6. The monoisotopic (exact) mass is 376 g/mol. The van der Waals surface area contributed by atoms with E-state index >= 15 is 0 Å².